The highest BCUT2D eigenvalue weighted by atomic mass is 16.3. The van der Waals surface area contributed by atoms with Crippen LogP contribution in [0.15, 0.2) is 24.3 Å². The molecule has 0 bridgehead atoms. The number of amides is 1. The SMILES string of the molecule is CCc1nc(-c2ccccc2NC(=O)CC2(O)CCCC2)n[nH]1. The maximum Gasteiger partial charge on any atom is 0.227 e. The van der Waals surface area contributed by atoms with E-state index in [1.165, 1.54) is 0 Å². The minimum Gasteiger partial charge on any atom is -0.389 e. The lowest BCUT2D eigenvalue weighted by molar-refractivity contribution is -0.120. The minimum atomic E-state index is -0.848. The first-order chi connectivity index (χ1) is 11.1. The van der Waals surface area contributed by atoms with Crippen molar-refractivity contribution < 1.29 is 9.90 Å². The molecule has 1 saturated carbocycles. The van der Waals surface area contributed by atoms with Crippen molar-refractivity contribution in [1.29, 1.82) is 0 Å². The van der Waals surface area contributed by atoms with Gasteiger partial charge in [-0.15, -0.1) is 0 Å². The summed E-state index contributed by atoms with van der Waals surface area (Å²) in [6.45, 7) is 2.00. The van der Waals surface area contributed by atoms with Gasteiger partial charge in [0.05, 0.1) is 17.7 Å². The van der Waals surface area contributed by atoms with Crippen LogP contribution in [0.2, 0.25) is 0 Å². The summed E-state index contributed by atoms with van der Waals surface area (Å²) in [5.41, 5.74) is 0.592. The summed E-state index contributed by atoms with van der Waals surface area (Å²) in [6, 6.07) is 7.45. The lowest BCUT2D eigenvalue weighted by atomic mass is 9.97. The maximum absolute atomic E-state index is 12.3. The number of H-pyrrole nitrogens is 1. The Labute approximate surface area is 135 Å². The van der Waals surface area contributed by atoms with Gasteiger partial charge in [0.25, 0.3) is 0 Å². The van der Waals surface area contributed by atoms with E-state index in [1.807, 2.05) is 31.2 Å². The molecular weight excluding hydrogens is 292 g/mol. The second kappa shape index (κ2) is 6.50. The molecule has 6 heteroatoms. The number of rotatable bonds is 5. The number of nitrogens with one attached hydrogen (secondary N) is 2. The molecule has 0 atom stereocenters. The van der Waals surface area contributed by atoms with E-state index in [-0.39, 0.29) is 12.3 Å². The number of carbonyl (C=O) groups excluding carboxylic acids is 1. The Kier molecular flexibility index (Phi) is 4.43. The summed E-state index contributed by atoms with van der Waals surface area (Å²) in [4.78, 5) is 16.7. The quantitative estimate of drug-likeness (QED) is 0.791. The monoisotopic (exact) mass is 314 g/mol. The first-order valence-corrected chi connectivity index (χ1v) is 8.12. The molecule has 1 aliphatic rings. The lowest BCUT2D eigenvalue weighted by Crippen LogP contribution is -2.30. The van der Waals surface area contributed by atoms with Gasteiger partial charge < -0.3 is 10.4 Å². The fourth-order valence-electron chi connectivity index (χ4n) is 3.06. The number of aromatic amines is 1. The number of anilines is 1. The van der Waals surface area contributed by atoms with Gasteiger partial charge in [-0.3, -0.25) is 9.89 Å². The van der Waals surface area contributed by atoms with E-state index in [9.17, 15) is 9.90 Å². The summed E-state index contributed by atoms with van der Waals surface area (Å²) in [5, 5.41) is 20.4. The Morgan fingerprint density at radius 2 is 2.09 bits per heavy atom. The smallest absolute Gasteiger partial charge is 0.227 e. The molecule has 0 radical (unpaired) electrons. The zero-order valence-electron chi connectivity index (χ0n) is 13.3. The van der Waals surface area contributed by atoms with Crippen molar-refractivity contribution in [3.05, 3.63) is 30.1 Å². The van der Waals surface area contributed by atoms with Gasteiger partial charge >= 0.3 is 0 Å². The van der Waals surface area contributed by atoms with Gasteiger partial charge in [0.2, 0.25) is 5.91 Å². The molecular formula is C17H22N4O2. The minimum absolute atomic E-state index is 0.134. The Morgan fingerprint density at radius 3 is 2.78 bits per heavy atom. The predicted molar refractivity (Wildman–Crippen MR) is 87.9 cm³/mol. The Bertz CT molecular complexity index is 689. The number of aryl methyl sites for hydroxylation is 1. The second-order valence-corrected chi connectivity index (χ2v) is 6.16. The van der Waals surface area contributed by atoms with Crippen LogP contribution in [0, 0.1) is 0 Å². The van der Waals surface area contributed by atoms with E-state index in [4.69, 9.17) is 0 Å². The zero-order valence-corrected chi connectivity index (χ0v) is 13.3. The summed E-state index contributed by atoms with van der Waals surface area (Å²) >= 11 is 0. The van der Waals surface area contributed by atoms with Gasteiger partial charge in [0.15, 0.2) is 5.82 Å². The van der Waals surface area contributed by atoms with Gasteiger partial charge in [0, 0.05) is 12.0 Å². The van der Waals surface area contributed by atoms with Gasteiger partial charge in [-0.1, -0.05) is 31.9 Å². The number of aliphatic hydroxyl groups is 1. The third-order valence-electron chi connectivity index (χ3n) is 4.33. The van der Waals surface area contributed by atoms with Crippen LogP contribution in [0.25, 0.3) is 11.4 Å². The van der Waals surface area contributed by atoms with E-state index >= 15 is 0 Å². The van der Waals surface area contributed by atoms with E-state index in [1.54, 1.807) is 0 Å². The fourth-order valence-corrected chi connectivity index (χ4v) is 3.06. The Morgan fingerprint density at radius 1 is 1.35 bits per heavy atom. The molecule has 1 amide bonds. The average molecular weight is 314 g/mol. The number of carbonyl (C=O) groups is 1. The van der Waals surface area contributed by atoms with E-state index in [0.717, 1.165) is 30.7 Å². The van der Waals surface area contributed by atoms with Crippen LogP contribution < -0.4 is 5.32 Å². The van der Waals surface area contributed by atoms with Crippen molar-refractivity contribution in [3.8, 4) is 11.4 Å². The number of nitrogens with zero attached hydrogens (tertiary/aromatic N) is 2. The highest BCUT2D eigenvalue weighted by molar-refractivity contribution is 5.95. The zero-order chi connectivity index (χ0) is 16.3. The van der Waals surface area contributed by atoms with Gasteiger partial charge in [0.1, 0.15) is 5.82 Å². The molecule has 2 aromatic rings. The summed E-state index contributed by atoms with van der Waals surface area (Å²) in [7, 11) is 0. The average Bonchev–Trinajstić information content (AvgIpc) is 3.16. The van der Waals surface area contributed by atoms with Crippen LogP contribution in [0.4, 0.5) is 5.69 Å². The standard InChI is InChI=1S/C17H22N4O2/c1-2-14-19-16(21-20-14)12-7-3-4-8-13(12)18-15(22)11-17(23)9-5-6-10-17/h3-4,7-8,23H,2,5-6,9-11H2,1H3,(H,18,22)(H,19,20,21). The molecule has 1 heterocycles. The molecule has 1 aromatic carbocycles. The number of hydrogen-bond donors (Lipinski definition) is 3. The van der Waals surface area contributed by atoms with Crippen molar-refractivity contribution in [1.82, 2.24) is 15.2 Å². The van der Waals surface area contributed by atoms with E-state index in [0.29, 0.717) is 24.4 Å². The third kappa shape index (κ3) is 3.59. The molecule has 0 unspecified atom stereocenters. The molecule has 23 heavy (non-hydrogen) atoms. The van der Waals surface area contributed by atoms with Crippen LogP contribution in [-0.4, -0.2) is 31.8 Å². The number of para-hydroxylation sites is 1. The topological polar surface area (TPSA) is 90.9 Å². The molecule has 0 aliphatic heterocycles. The van der Waals surface area contributed by atoms with Gasteiger partial charge in [-0.25, -0.2) is 4.98 Å². The van der Waals surface area contributed by atoms with Gasteiger partial charge in [-0.2, -0.15) is 5.10 Å². The molecule has 1 aliphatic carbocycles. The van der Waals surface area contributed by atoms with Gasteiger partial charge in [-0.05, 0) is 25.0 Å². The molecule has 0 saturated heterocycles. The summed E-state index contributed by atoms with van der Waals surface area (Å²) in [6.07, 6.45) is 4.27. The summed E-state index contributed by atoms with van der Waals surface area (Å²) < 4.78 is 0. The van der Waals surface area contributed by atoms with Crippen LogP contribution in [0.5, 0.6) is 0 Å². The fraction of sp³-hybridized carbons (Fsp3) is 0.471. The Balaban J connectivity index is 1.76. The van der Waals surface area contributed by atoms with E-state index < -0.39 is 5.60 Å². The van der Waals surface area contributed by atoms with Crippen LogP contribution in [0.1, 0.15) is 44.9 Å². The molecule has 1 fully saturated rings. The molecule has 6 nitrogen and oxygen atoms in total. The highest BCUT2D eigenvalue weighted by Crippen LogP contribution is 2.33. The van der Waals surface area contributed by atoms with Crippen molar-refractivity contribution in [2.24, 2.45) is 0 Å². The first-order valence-electron chi connectivity index (χ1n) is 8.12. The number of aromatic nitrogens is 3. The van der Waals surface area contributed by atoms with Crippen molar-refractivity contribution in [3.63, 3.8) is 0 Å². The van der Waals surface area contributed by atoms with Crippen LogP contribution >= 0.6 is 0 Å². The molecule has 3 rings (SSSR count). The predicted octanol–water partition coefficient (Wildman–Crippen LogP) is 2.67. The third-order valence-corrected chi connectivity index (χ3v) is 4.33. The molecule has 3 N–H and O–H groups in total. The number of benzene rings is 1. The van der Waals surface area contributed by atoms with Crippen molar-refractivity contribution in [2.45, 2.75) is 51.0 Å². The lowest BCUT2D eigenvalue weighted by Gasteiger charge is -2.21. The molecule has 122 valence electrons. The normalized spacial score (nSPS) is 16.4. The molecule has 0 spiro atoms. The van der Waals surface area contributed by atoms with E-state index in [2.05, 4.69) is 20.5 Å². The highest BCUT2D eigenvalue weighted by Gasteiger charge is 2.33. The summed E-state index contributed by atoms with van der Waals surface area (Å²) in [5.74, 6) is 1.20. The van der Waals surface area contributed by atoms with Crippen molar-refractivity contribution in [2.75, 3.05) is 5.32 Å². The Hall–Kier alpha value is -2.21. The largest absolute Gasteiger partial charge is 0.389 e. The maximum atomic E-state index is 12.3. The number of hydrogen-bond acceptors (Lipinski definition) is 4. The first kappa shape index (κ1) is 15.7. The van der Waals surface area contributed by atoms with Crippen LogP contribution in [0.3, 0.4) is 0 Å². The van der Waals surface area contributed by atoms with Crippen molar-refractivity contribution >= 4 is 11.6 Å². The van der Waals surface area contributed by atoms with Crippen LogP contribution in [-0.2, 0) is 11.2 Å². The molecule has 1 aromatic heterocycles. The second-order valence-electron chi connectivity index (χ2n) is 6.16.